The van der Waals surface area contributed by atoms with Gasteiger partial charge in [0.2, 0.25) is 0 Å². The Bertz CT molecular complexity index is 822. The number of nitrogens with zero attached hydrogens (tertiary/aromatic N) is 2. The number of likely N-dealkylation sites (tertiary alicyclic amines) is 2. The highest BCUT2D eigenvalue weighted by atomic mass is 15.4. The summed E-state index contributed by atoms with van der Waals surface area (Å²) in [4.78, 5) is 5.07. The van der Waals surface area contributed by atoms with Gasteiger partial charge in [-0.05, 0) is 50.2 Å². The Morgan fingerprint density at radius 1 is 0.731 bits per heavy atom. The first-order valence-electron chi connectivity index (χ1n) is 9.81. The molecule has 2 fully saturated rings. The van der Waals surface area contributed by atoms with Gasteiger partial charge in [0.1, 0.15) is 0 Å². The van der Waals surface area contributed by atoms with Crippen molar-refractivity contribution < 1.29 is 0 Å². The van der Waals surface area contributed by atoms with Crippen molar-refractivity contribution in [2.75, 3.05) is 37.8 Å². The minimum atomic E-state index is 0.105. The zero-order chi connectivity index (χ0) is 17.5. The van der Waals surface area contributed by atoms with Crippen molar-refractivity contribution in [3.8, 4) is 0 Å². The van der Waals surface area contributed by atoms with Gasteiger partial charge in [-0.3, -0.25) is 9.80 Å². The van der Waals surface area contributed by atoms with Gasteiger partial charge in [0.15, 0.2) is 0 Å². The van der Waals surface area contributed by atoms with Crippen molar-refractivity contribution in [2.45, 2.75) is 36.0 Å². The summed E-state index contributed by atoms with van der Waals surface area (Å²) in [5.74, 6) is 0. The Morgan fingerprint density at radius 2 is 1.15 bits per heavy atom. The summed E-state index contributed by atoms with van der Waals surface area (Å²) < 4.78 is 0. The van der Waals surface area contributed by atoms with Gasteiger partial charge in [-0.2, -0.15) is 0 Å². The Hall–Kier alpha value is -2.04. The van der Waals surface area contributed by atoms with Crippen LogP contribution in [0.15, 0.2) is 48.5 Å². The molecule has 2 aromatic carbocycles. The third kappa shape index (κ3) is 1.47. The summed E-state index contributed by atoms with van der Waals surface area (Å²) in [5, 5.41) is 7.79. The molecule has 4 heterocycles. The largest absolute Gasteiger partial charge is 0.369 e. The van der Waals surface area contributed by atoms with E-state index in [0.717, 1.165) is 13.1 Å². The molecule has 4 aliphatic rings. The summed E-state index contributed by atoms with van der Waals surface area (Å²) in [7, 11) is 4.56. The zero-order valence-corrected chi connectivity index (χ0v) is 15.5. The molecular weight excluding hydrogens is 320 g/mol. The van der Waals surface area contributed by atoms with E-state index in [9.17, 15) is 0 Å². The summed E-state index contributed by atoms with van der Waals surface area (Å²) >= 11 is 0. The molecule has 2 saturated heterocycles. The number of likely N-dealkylation sites (N-methyl/N-ethyl adjacent to an activating group) is 2. The fourth-order valence-electron chi connectivity index (χ4n) is 6.73. The van der Waals surface area contributed by atoms with Crippen LogP contribution in [0.3, 0.4) is 0 Å². The van der Waals surface area contributed by atoms with Crippen LogP contribution in [0.5, 0.6) is 0 Å². The number of nitrogens with one attached hydrogen (secondary N) is 2. The maximum absolute atomic E-state index is 3.90. The molecule has 134 valence electrons. The average Bonchev–Trinajstić information content (AvgIpc) is 3.36. The van der Waals surface area contributed by atoms with Crippen molar-refractivity contribution in [1.82, 2.24) is 9.80 Å². The zero-order valence-electron chi connectivity index (χ0n) is 15.5. The first-order chi connectivity index (χ1) is 12.7. The van der Waals surface area contributed by atoms with Gasteiger partial charge in [-0.1, -0.05) is 36.4 Å². The van der Waals surface area contributed by atoms with E-state index in [-0.39, 0.29) is 10.8 Å². The third-order valence-corrected chi connectivity index (χ3v) is 7.73. The molecule has 6 rings (SSSR count). The van der Waals surface area contributed by atoms with Crippen LogP contribution < -0.4 is 10.6 Å². The van der Waals surface area contributed by atoms with Crippen LogP contribution in [0.4, 0.5) is 11.4 Å². The lowest BCUT2D eigenvalue weighted by atomic mass is 9.55. The van der Waals surface area contributed by atoms with Gasteiger partial charge in [0.05, 0.1) is 12.3 Å². The molecular formula is C22H26N4. The minimum Gasteiger partial charge on any atom is -0.369 e. The lowest BCUT2D eigenvalue weighted by Crippen LogP contribution is -2.60. The molecule has 2 N–H and O–H groups in total. The van der Waals surface area contributed by atoms with E-state index in [1.54, 1.807) is 0 Å². The Labute approximate surface area is 155 Å². The summed E-state index contributed by atoms with van der Waals surface area (Å²) in [6, 6.07) is 18.1. The Kier molecular flexibility index (Phi) is 2.79. The molecule has 4 heteroatoms. The van der Waals surface area contributed by atoms with Crippen LogP contribution >= 0.6 is 0 Å². The molecule has 0 unspecified atom stereocenters. The van der Waals surface area contributed by atoms with Gasteiger partial charge in [0.25, 0.3) is 0 Å². The number of hydrogen-bond acceptors (Lipinski definition) is 4. The molecule has 2 aromatic rings. The molecule has 4 nitrogen and oxygen atoms in total. The van der Waals surface area contributed by atoms with E-state index < -0.39 is 0 Å². The average molecular weight is 346 g/mol. The first kappa shape index (κ1) is 15.1. The lowest BCUT2D eigenvalue weighted by molar-refractivity contribution is 0.147. The SMILES string of the molecule is CN1CC[C@]2([C@]34CCN(C)[C@H]3Nc3ccccc34)c3ccccc3N[C@H]12. The number of fused-ring (bicyclic) bond motifs is 7. The molecule has 0 bridgehead atoms. The van der Waals surface area contributed by atoms with Gasteiger partial charge in [-0.15, -0.1) is 0 Å². The van der Waals surface area contributed by atoms with Crippen LogP contribution in [-0.4, -0.2) is 49.3 Å². The van der Waals surface area contributed by atoms with Gasteiger partial charge >= 0.3 is 0 Å². The second kappa shape index (κ2) is 4.81. The van der Waals surface area contributed by atoms with Gasteiger partial charge < -0.3 is 10.6 Å². The number of para-hydroxylation sites is 2. The number of anilines is 2. The normalized spacial score (nSPS) is 37.6. The van der Waals surface area contributed by atoms with E-state index in [0.29, 0.717) is 12.3 Å². The molecule has 0 amide bonds. The van der Waals surface area contributed by atoms with Crippen molar-refractivity contribution in [2.24, 2.45) is 0 Å². The summed E-state index contributed by atoms with van der Waals surface area (Å²) in [6.45, 7) is 2.29. The number of benzene rings is 2. The lowest BCUT2D eigenvalue weighted by Gasteiger charge is -2.48. The molecule has 26 heavy (non-hydrogen) atoms. The van der Waals surface area contributed by atoms with E-state index in [1.165, 1.54) is 35.3 Å². The maximum atomic E-state index is 3.90. The predicted octanol–water partition coefficient (Wildman–Crippen LogP) is 3.04. The smallest absolute Gasteiger partial charge is 0.0901 e. The quantitative estimate of drug-likeness (QED) is 0.831. The van der Waals surface area contributed by atoms with Gasteiger partial charge in [0, 0.05) is 35.3 Å². The molecule has 0 spiro atoms. The Morgan fingerprint density at radius 3 is 1.62 bits per heavy atom. The highest BCUT2D eigenvalue weighted by Crippen LogP contribution is 2.65. The second-order valence-electron chi connectivity index (χ2n) is 8.59. The van der Waals surface area contributed by atoms with Crippen molar-refractivity contribution in [3.05, 3.63) is 59.7 Å². The van der Waals surface area contributed by atoms with Crippen molar-refractivity contribution >= 4 is 11.4 Å². The van der Waals surface area contributed by atoms with Crippen molar-refractivity contribution in [3.63, 3.8) is 0 Å². The van der Waals surface area contributed by atoms with Crippen LogP contribution in [0.1, 0.15) is 24.0 Å². The molecule has 0 aliphatic carbocycles. The van der Waals surface area contributed by atoms with Crippen LogP contribution in [0.2, 0.25) is 0 Å². The van der Waals surface area contributed by atoms with E-state index in [4.69, 9.17) is 0 Å². The highest BCUT2D eigenvalue weighted by Gasteiger charge is 2.70. The molecule has 4 atom stereocenters. The minimum absolute atomic E-state index is 0.105. The summed E-state index contributed by atoms with van der Waals surface area (Å²) in [5.41, 5.74) is 5.91. The van der Waals surface area contributed by atoms with E-state index in [1.807, 2.05) is 0 Å². The molecule has 0 aromatic heterocycles. The molecule has 4 aliphatic heterocycles. The molecule has 0 radical (unpaired) electrons. The molecule has 0 saturated carbocycles. The monoisotopic (exact) mass is 346 g/mol. The standard InChI is InChI=1S/C22H26N4/c1-25-13-11-21(15-7-3-5-9-17(15)23-19(21)25)22-12-14-26(2)20(22)24-18-10-6-4-8-16(18)22/h3-10,19-20,23-24H,11-14H2,1-2H3/t19-,20-,21+,22+/m1/s1. The third-order valence-electron chi connectivity index (χ3n) is 7.73. The fraction of sp³-hybridized carbons (Fsp3) is 0.455. The van der Waals surface area contributed by atoms with Crippen LogP contribution in [-0.2, 0) is 10.8 Å². The van der Waals surface area contributed by atoms with Crippen LogP contribution in [0.25, 0.3) is 0 Å². The Balaban J connectivity index is 1.68. The topological polar surface area (TPSA) is 30.5 Å². The van der Waals surface area contributed by atoms with Gasteiger partial charge in [-0.25, -0.2) is 0 Å². The van der Waals surface area contributed by atoms with Crippen molar-refractivity contribution in [1.29, 1.82) is 0 Å². The second-order valence-corrected chi connectivity index (χ2v) is 8.59. The van der Waals surface area contributed by atoms with Crippen LogP contribution in [0, 0.1) is 0 Å². The highest BCUT2D eigenvalue weighted by molar-refractivity contribution is 5.72. The number of rotatable bonds is 1. The van der Waals surface area contributed by atoms with E-state index >= 15 is 0 Å². The maximum Gasteiger partial charge on any atom is 0.0901 e. The number of hydrogen-bond donors (Lipinski definition) is 2. The predicted molar refractivity (Wildman–Crippen MR) is 106 cm³/mol. The first-order valence-corrected chi connectivity index (χ1v) is 9.81. The van der Waals surface area contributed by atoms with E-state index in [2.05, 4.69) is 83.1 Å². The fourth-order valence-corrected chi connectivity index (χ4v) is 6.73. The summed E-state index contributed by atoms with van der Waals surface area (Å²) in [6.07, 6.45) is 3.14.